The molecule has 4 aliphatic rings. The molecule has 4 heterocycles. The molecule has 4 aliphatic heterocycles. The fourth-order valence-corrected chi connectivity index (χ4v) is 6.79. The van der Waals surface area contributed by atoms with Crippen LogP contribution in [0, 0.1) is 0 Å². The Hall–Kier alpha value is 0.140. The van der Waals surface area contributed by atoms with E-state index in [0.717, 1.165) is 21.0 Å². The van der Waals surface area contributed by atoms with Crippen molar-refractivity contribution >= 4 is 23.5 Å². The Kier molecular flexibility index (Phi) is 3.72. The predicted molar refractivity (Wildman–Crippen MR) is 85.0 cm³/mol. The maximum absolute atomic E-state index is 6.59. The highest BCUT2D eigenvalue weighted by atomic mass is 32.2. The lowest BCUT2D eigenvalue weighted by atomic mass is 9.98. The molecule has 4 rings (SSSR count). The van der Waals surface area contributed by atoms with Crippen LogP contribution in [0.1, 0.15) is 38.5 Å². The summed E-state index contributed by atoms with van der Waals surface area (Å²) in [5.41, 5.74) is 0. The number of fused-ring (bicyclic) bond motifs is 4. The van der Waals surface area contributed by atoms with Gasteiger partial charge >= 0.3 is 0 Å². The smallest absolute Gasteiger partial charge is 0.0701 e. The fourth-order valence-electron chi connectivity index (χ4n) is 3.75. The average Bonchev–Trinajstić information content (AvgIpc) is 2.45. The number of thioether (sulfide) groups is 2. The molecule has 0 aliphatic carbocycles. The van der Waals surface area contributed by atoms with Crippen molar-refractivity contribution in [1.82, 2.24) is 0 Å². The van der Waals surface area contributed by atoms with Crippen molar-refractivity contribution in [3.63, 3.8) is 0 Å². The SMILES string of the molecule is C1=C[C@@H]2CC[C@H](O[C@H]3CC[C@@H]4C=CC[C@H]3S4)[C@@H](C1)S2. The summed E-state index contributed by atoms with van der Waals surface area (Å²) in [7, 11) is 0. The number of hydrogen-bond donors (Lipinski definition) is 0. The van der Waals surface area contributed by atoms with E-state index in [2.05, 4.69) is 47.8 Å². The third-order valence-electron chi connectivity index (χ3n) is 4.79. The van der Waals surface area contributed by atoms with Crippen LogP contribution in [0.15, 0.2) is 24.3 Å². The zero-order chi connectivity index (χ0) is 12.7. The standard InChI is InChI=1S/C16H22OS2/c1-3-11-7-9-13(15(5-1)18-11)17-14-10-8-12-4-2-6-16(14)19-12/h1-4,11-16H,5-10H2/t11-,12+,13-,14-,15+,16+/m0/s1. The fraction of sp³-hybridized carbons (Fsp3) is 0.750. The molecular weight excluding hydrogens is 272 g/mol. The van der Waals surface area contributed by atoms with Gasteiger partial charge in [0, 0.05) is 21.0 Å². The summed E-state index contributed by atoms with van der Waals surface area (Å²) in [6.45, 7) is 0. The van der Waals surface area contributed by atoms with Gasteiger partial charge < -0.3 is 4.74 Å². The van der Waals surface area contributed by atoms with Crippen LogP contribution in [-0.4, -0.2) is 33.2 Å². The van der Waals surface area contributed by atoms with E-state index in [1.807, 2.05) is 0 Å². The first-order valence-corrected chi connectivity index (χ1v) is 9.57. The maximum Gasteiger partial charge on any atom is 0.0701 e. The third kappa shape index (κ3) is 2.66. The molecule has 0 N–H and O–H groups in total. The minimum Gasteiger partial charge on any atom is -0.373 e. The molecule has 19 heavy (non-hydrogen) atoms. The van der Waals surface area contributed by atoms with Gasteiger partial charge in [-0.2, -0.15) is 0 Å². The Balaban J connectivity index is 1.41. The van der Waals surface area contributed by atoms with Crippen molar-refractivity contribution in [2.75, 3.05) is 0 Å². The van der Waals surface area contributed by atoms with Gasteiger partial charge in [0.1, 0.15) is 0 Å². The number of hydrogen-bond acceptors (Lipinski definition) is 3. The highest BCUT2D eigenvalue weighted by molar-refractivity contribution is 8.01. The Bertz CT molecular complexity index is 356. The molecule has 104 valence electrons. The van der Waals surface area contributed by atoms with Crippen LogP contribution in [0.5, 0.6) is 0 Å². The molecular formula is C16H22OS2. The second-order valence-electron chi connectivity index (χ2n) is 6.12. The van der Waals surface area contributed by atoms with E-state index in [1.165, 1.54) is 38.5 Å². The van der Waals surface area contributed by atoms with Crippen molar-refractivity contribution in [1.29, 1.82) is 0 Å². The van der Waals surface area contributed by atoms with E-state index in [9.17, 15) is 0 Å². The second kappa shape index (κ2) is 5.50. The Morgan fingerprint density at radius 2 is 1.26 bits per heavy atom. The predicted octanol–water partition coefficient (Wildman–Crippen LogP) is 4.19. The van der Waals surface area contributed by atoms with Crippen LogP contribution >= 0.6 is 23.5 Å². The molecule has 4 bridgehead atoms. The summed E-state index contributed by atoms with van der Waals surface area (Å²) in [5.74, 6) is 0. The van der Waals surface area contributed by atoms with Crippen molar-refractivity contribution in [2.45, 2.75) is 71.7 Å². The number of ether oxygens (including phenoxy) is 1. The number of rotatable bonds is 2. The van der Waals surface area contributed by atoms with Crippen LogP contribution in [0.25, 0.3) is 0 Å². The van der Waals surface area contributed by atoms with E-state index in [-0.39, 0.29) is 0 Å². The van der Waals surface area contributed by atoms with Gasteiger partial charge in [-0.25, -0.2) is 0 Å². The average molecular weight is 294 g/mol. The minimum absolute atomic E-state index is 0.513. The summed E-state index contributed by atoms with van der Waals surface area (Å²) in [6, 6.07) is 0. The molecule has 0 amide bonds. The Morgan fingerprint density at radius 1 is 0.737 bits per heavy atom. The molecule has 0 unspecified atom stereocenters. The molecule has 0 spiro atoms. The van der Waals surface area contributed by atoms with Gasteiger partial charge in [-0.1, -0.05) is 24.3 Å². The maximum atomic E-state index is 6.59. The van der Waals surface area contributed by atoms with E-state index in [1.54, 1.807) is 0 Å². The summed E-state index contributed by atoms with van der Waals surface area (Å²) < 4.78 is 6.59. The van der Waals surface area contributed by atoms with E-state index < -0.39 is 0 Å². The molecule has 0 radical (unpaired) electrons. The highest BCUT2D eigenvalue weighted by Crippen LogP contribution is 2.44. The number of allylic oxidation sites excluding steroid dienone is 2. The van der Waals surface area contributed by atoms with Crippen LogP contribution in [-0.2, 0) is 4.74 Å². The van der Waals surface area contributed by atoms with Crippen molar-refractivity contribution in [2.24, 2.45) is 0 Å². The Morgan fingerprint density at radius 3 is 1.79 bits per heavy atom. The molecule has 2 saturated heterocycles. The van der Waals surface area contributed by atoms with Gasteiger partial charge in [-0.05, 0) is 38.5 Å². The van der Waals surface area contributed by atoms with Crippen molar-refractivity contribution in [3.8, 4) is 0 Å². The zero-order valence-electron chi connectivity index (χ0n) is 11.2. The van der Waals surface area contributed by atoms with Crippen LogP contribution < -0.4 is 0 Å². The van der Waals surface area contributed by atoms with E-state index in [4.69, 9.17) is 4.74 Å². The van der Waals surface area contributed by atoms with Gasteiger partial charge in [-0.15, -0.1) is 23.5 Å². The lowest BCUT2D eigenvalue weighted by molar-refractivity contribution is -0.0271. The molecule has 0 aromatic heterocycles. The first-order chi connectivity index (χ1) is 9.38. The molecule has 1 nitrogen and oxygen atoms in total. The van der Waals surface area contributed by atoms with E-state index >= 15 is 0 Å². The van der Waals surface area contributed by atoms with E-state index in [0.29, 0.717) is 12.2 Å². The molecule has 0 aromatic carbocycles. The summed E-state index contributed by atoms with van der Waals surface area (Å²) in [5, 5.41) is 3.01. The first kappa shape index (κ1) is 12.8. The molecule has 3 heteroatoms. The van der Waals surface area contributed by atoms with Crippen LogP contribution in [0.2, 0.25) is 0 Å². The molecule has 2 fully saturated rings. The highest BCUT2D eigenvalue weighted by Gasteiger charge is 2.38. The van der Waals surface area contributed by atoms with Crippen molar-refractivity contribution < 1.29 is 4.74 Å². The summed E-state index contributed by atoms with van der Waals surface area (Å²) in [6.07, 6.45) is 18.2. The quantitative estimate of drug-likeness (QED) is 0.707. The summed E-state index contributed by atoms with van der Waals surface area (Å²) in [4.78, 5) is 0. The lowest BCUT2D eigenvalue weighted by Crippen LogP contribution is -2.42. The third-order valence-corrected chi connectivity index (χ3v) is 7.96. The molecule has 0 aromatic rings. The Labute approximate surface area is 124 Å². The van der Waals surface area contributed by atoms with Gasteiger partial charge in [0.2, 0.25) is 0 Å². The van der Waals surface area contributed by atoms with Crippen LogP contribution in [0.4, 0.5) is 0 Å². The van der Waals surface area contributed by atoms with Crippen molar-refractivity contribution in [3.05, 3.63) is 24.3 Å². The molecule has 0 saturated carbocycles. The normalized spacial score (nSPS) is 48.2. The largest absolute Gasteiger partial charge is 0.373 e. The molecule has 6 atom stereocenters. The zero-order valence-corrected chi connectivity index (χ0v) is 12.9. The second-order valence-corrected chi connectivity index (χ2v) is 9.09. The van der Waals surface area contributed by atoms with Gasteiger partial charge in [0.25, 0.3) is 0 Å². The van der Waals surface area contributed by atoms with Crippen LogP contribution in [0.3, 0.4) is 0 Å². The van der Waals surface area contributed by atoms with Gasteiger partial charge in [-0.3, -0.25) is 0 Å². The van der Waals surface area contributed by atoms with Gasteiger partial charge in [0.05, 0.1) is 12.2 Å². The summed E-state index contributed by atoms with van der Waals surface area (Å²) >= 11 is 4.32. The lowest BCUT2D eigenvalue weighted by Gasteiger charge is -2.43. The topological polar surface area (TPSA) is 9.23 Å². The van der Waals surface area contributed by atoms with Gasteiger partial charge in [0.15, 0.2) is 0 Å². The minimum atomic E-state index is 0.513. The monoisotopic (exact) mass is 294 g/mol. The first-order valence-electron chi connectivity index (χ1n) is 7.68.